The van der Waals surface area contributed by atoms with Gasteiger partial charge in [-0.15, -0.1) is 0 Å². The van der Waals surface area contributed by atoms with Crippen molar-refractivity contribution in [2.24, 2.45) is 7.05 Å². The minimum atomic E-state index is -0.226. The van der Waals surface area contributed by atoms with Gasteiger partial charge >= 0.3 is 0 Å². The Balaban J connectivity index is 1.85. The van der Waals surface area contributed by atoms with E-state index in [1.165, 1.54) is 0 Å². The molecule has 0 saturated carbocycles. The number of aryl methyl sites for hydroxylation is 3. The molecule has 0 aliphatic carbocycles. The summed E-state index contributed by atoms with van der Waals surface area (Å²) in [6.45, 7) is 3.87. The number of fused-ring (bicyclic) bond motifs is 1. The predicted octanol–water partition coefficient (Wildman–Crippen LogP) is 4.86. The lowest BCUT2D eigenvalue weighted by Gasteiger charge is -2.10. The zero-order valence-corrected chi connectivity index (χ0v) is 16.7. The Bertz CT molecular complexity index is 1160. The van der Waals surface area contributed by atoms with E-state index in [9.17, 15) is 4.79 Å². The van der Waals surface area contributed by atoms with Crippen LogP contribution in [0.5, 0.6) is 0 Å². The molecule has 4 rings (SSSR count). The lowest BCUT2D eigenvalue weighted by atomic mass is 10.1. The molecular weight excluding hydrogens is 408 g/mol. The number of nitrogens with one attached hydrogen (secondary N) is 1. The minimum Gasteiger partial charge on any atom is -0.463 e. The lowest BCUT2D eigenvalue weighted by Crippen LogP contribution is -2.13. The van der Waals surface area contributed by atoms with Gasteiger partial charge in [0, 0.05) is 11.5 Å². The van der Waals surface area contributed by atoms with E-state index in [-0.39, 0.29) is 5.91 Å². The van der Waals surface area contributed by atoms with Gasteiger partial charge in [0.1, 0.15) is 5.69 Å². The molecule has 6 nitrogen and oxygen atoms in total. The Morgan fingerprint density at radius 1 is 1.22 bits per heavy atom. The number of amides is 1. The van der Waals surface area contributed by atoms with Crippen LogP contribution < -0.4 is 5.32 Å². The topological polar surface area (TPSA) is 73.0 Å². The number of carbonyl (C=O) groups excluding carboxylic acids is 1. The van der Waals surface area contributed by atoms with Gasteiger partial charge in [-0.2, -0.15) is 5.10 Å². The molecule has 0 bridgehead atoms. The number of nitrogens with zero attached hydrogens (tertiary/aromatic N) is 3. The molecule has 0 spiro atoms. The first-order valence-corrected chi connectivity index (χ1v) is 9.19. The van der Waals surface area contributed by atoms with E-state index in [2.05, 4.69) is 31.3 Å². The fourth-order valence-electron chi connectivity index (χ4n) is 3.09. The molecule has 136 valence electrons. The Morgan fingerprint density at radius 3 is 2.74 bits per heavy atom. The largest absolute Gasteiger partial charge is 0.463 e. The molecule has 0 atom stereocenters. The Hall–Kier alpha value is -2.93. The van der Waals surface area contributed by atoms with Crippen LogP contribution in [0.25, 0.3) is 22.5 Å². The Kier molecular flexibility index (Phi) is 4.31. The maximum Gasteiger partial charge on any atom is 0.256 e. The number of rotatable bonds is 3. The normalized spacial score (nSPS) is 11.1. The number of hydrogen-bond donors (Lipinski definition) is 1. The molecule has 1 amide bonds. The molecular formula is C20H17BrN4O2. The lowest BCUT2D eigenvalue weighted by molar-refractivity contribution is 0.102. The Morgan fingerprint density at radius 2 is 2.04 bits per heavy atom. The first kappa shape index (κ1) is 17.5. The van der Waals surface area contributed by atoms with Gasteiger partial charge in [-0.1, -0.05) is 6.07 Å². The van der Waals surface area contributed by atoms with Crippen LogP contribution in [-0.4, -0.2) is 20.7 Å². The number of anilines is 1. The molecule has 4 aromatic rings. The van der Waals surface area contributed by atoms with Crippen molar-refractivity contribution < 1.29 is 9.21 Å². The number of hydrogen-bond acceptors (Lipinski definition) is 4. The van der Waals surface area contributed by atoms with E-state index in [1.54, 1.807) is 23.1 Å². The summed E-state index contributed by atoms with van der Waals surface area (Å²) >= 11 is 3.50. The van der Waals surface area contributed by atoms with Crippen LogP contribution in [0.1, 0.15) is 21.6 Å². The minimum absolute atomic E-state index is 0.226. The maximum atomic E-state index is 13.1. The third kappa shape index (κ3) is 3.14. The first-order chi connectivity index (χ1) is 12.9. The van der Waals surface area contributed by atoms with Gasteiger partial charge in [-0.05, 0) is 65.7 Å². The van der Waals surface area contributed by atoms with Crippen molar-refractivity contribution in [1.82, 2.24) is 14.8 Å². The summed E-state index contributed by atoms with van der Waals surface area (Å²) in [5, 5.41) is 8.13. The average Bonchev–Trinajstić information content (AvgIpc) is 3.26. The molecule has 0 radical (unpaired) electrons. The summed E-state index contributed by atoms with van der Waals surface area (Å²) in [7, 11) is 1.81. The summed E-state index contributed by atoms with van der Waals surface area (Å²) < 4.78 is 7.97. The molecule has 0 aliphatic heterocycles. The molecule has 0 saturated heterocycles. The van der Waals surface area contributed by atoms with Crippen molar-refractivity contribution in [3.8, 4) is 11.5 Å². The summed E-state index contributed by atoms with van der Waals surface area (Å²) in [6.07, 6.45) is 1.58. The molecule has 1 aromatic carbocycles. The first-order valence-electron chi connectivity index (χ1n) is 8.40. The number of benzene rings is 1. The monoisotopic (exact) mass is 424 g/mol. The van der Waals surface area contributed by atoms with Crippen molar-refractivity contribution in [2.45, 2.75) is 13.8 Å². The molecule has 3 heterocycles. The quantitative estimate of drug-likeness (QED) is 0.509. The zero-order valence-electron chi connectivity index (χ0n) is 15.1. The molecule has 0 fully saturated rings. The summed E-state index contributed by atoms with van der Waals surface area (Å²) in [4.78, 5) is 17.8. The third-order valence-electron chi connectivity index (χ3n) is 4.36. The number of pyridine rings is 1. The average molecular weight is 425 g/mol. The number of halogens is 1. The molecule has 0 unspecified atom stereocenters. The van der Waals surface area contributed by atoms with E-state index >= 15 is 0 Å². The second-order valence-corrected chi connectivity index (χ2v) is 7.23. The van der Waals surface area contributed by atoms with Gasteiger partial charge in [0.2, 0.25) is 0 Å². The summed E-state index contributed by atoms with van der Waals surface area (Å²) in [5.41, 5.74) is 4.28. The van der Waals surface area contributed by atoms with E-state index in [0.29, 0.717) is 28.4 Å². The smallest absolute Gasteiger partial charge is 0.256 e. The third-order valence-corrected chi connectivity index (χ3v) is 5.02. The second kappa shape index (κ2) is 6.66. The van der Waals surface area contributed by atoms with Crippen LogP contribution in [0.3, 0.4) is 0 Å². The molecule has 7 heteroatoms. The van der Waals surface area contributed by atoms with Crippen molar-refractivity contribution in [1.29, 1.82) is 0 Å². The fourth-order valence-corrected chi connectivity index (χ4v) is 3.68. The van der Waals surface area contributed by atoms with E-state index in [4.69, 9.17) is 4.42 Å². The second-order valence-electron chi connectivity index (χ2n) is 6.38. The van der Waals surface area contributed by atoms with E-state index < -0.39 is 0 Å². The van der Waals surface area contributed by atoms with Crippen LogP contribution in [0, 0.1) is 13.8 Å². The Labute approximate surface area is 164 Å². The summed E-state index contributed by atoms with van der Waals surface area (Å²) in [5.74, 6) is 0.372. The molecule has 0 aliphatic rings. The van der Waals surface area contributed by atoms with Gasteiger partial charge in [-0.3, -0.25) is 9.48 Å². The van der Waals surface area contributed by atoms with Crippen molar-refractivity contribution >= 4 is 38.6 Å². The summed E-state index contributed by atoms with van der Waals surface area (Å²) in [6, 6.07) is 11.1. The highest BCUT2D eigenvalue weighted by Gasteiger charge is 2.20. The van der Waals surface area contributed by atoms with Gasteiger partial charge in [-0.25, -0.2) is 4.98 Å². The van der Waals surface area contributed by atoms with Crippen molar-refractivity contribution in [3.05, 3.63) is 64.0 Å². The molecule has 3 aromatic heterocycles. The van der Waals surface area contributed by atoms with Crippen LogP contribution in [0.15, 0.2) is 51.6 Å². The maximum absolute atomic E-state index is 13.1. The van der Waals surface area contributed by atoms with E-state index in [0.717, 1.165) is 21.1 Å². The SMILES string of the molecule is Cc1ccc(NC(=O)c2cc(-c3ccco3)nc3c2c(C)nn3C)c(Br)c1. The van der Waals surface area contributed by atoms with Crippen molar-refractivity contribution in [3.63, 3.8) is 0 Å². The number of furan rings is 1. The fraction of sp³-hybridized carbons (Fsp3) is 0.150. The standard InChI is InChI=1S/C20H17BrN4O2/c1-11-6-7-15(14(21)9-11)23-20(26)13-10-16(17-5-4-8-27-17)22-19-18(13)12(2)24-25(19)3/h4-10H,1-3H3,(H,23,26). The van der Waals surface area contributed by atoms with E-state index in [1.807, 2.05) is 45.2 Å². The highest BCUT2D eigenvalue weighted by atomic mass is 79.9. The zero-order chi connectivity index (χ0) is 19.1. The van der Waals surface area contributed by atoms with Gasteiger partial charge < -0.3 is 9.73 Å². The van der Waals surface area contributed by atoms with Gasteiger partial charge in [0.15, 0.2) is 11.4 Å². The van der Waals surface area contributed by atoms with Crippen molar-refractivity contribution in [2.75, 3.05) is 5.32 Å². The predicted molar refractivity (Wildman–Crippen MR) is 108 cm³/mol. The van der Waals surface area contributed by atoms with Gasteiger partial charge in [0.25, 0.3) is 5.91 Å². The molecule has 27 heavy (non-hydrogen) atoms. The van der Waals surface area contributed by atoms with Crippen LogP contribution >= 0.6 is 15.9 Å². The highest BCUT2D eigenvalue weighted by Crippen LogP contribution is 2.29. The van der Waals surface area contributed by atoms with Crippen LogP contribution in [-0.2, 0) is 7.05 Å². The number of carbonyl (C=O) groups is 1. The molecule has 1 N–H and O–H groups in total. The van der Waals surface area contributed by atoms with Crippen LogP contribution in [0.4, 0.5) is 5.69 Å². The highest BCUT2D eigenvalue weighted by molar-refractivity contribution is 9.10. The number of aromatic nitrogens is 3. The van der Waals surface area contributed by atoms with Gasteiger partial charge in [0.05, 0.1) is 28.6 Å². The van der Waals surface area contributed by atoms with Crippen LogP contribution in [0.2, 0.25) is 0 Å².